The number of ether oxygens (including phenoxy) is 1. The zero-order valence-corrected chi connectivity index (χ0v) is 11.8. The third-order valence-electron chi connectivity index (χ3n) is 2.29. The van der Waals surface area contributed by atoms with E-state index in [1.165, 1.54) is 6.07 Å². The normalized spacial score (nSPS) is 11.8. The molecule has 0 aliphatic carbocycles. The lowest BCUT2D eigenvalue weighted by molar-refractivity contribution is -0.147. The van der Waals surface area contributed by atoms with Gasteiger partial charge in [0.1, 0.15) is 5.75 Å². The number of carbonyl (C=O) groups excluding carboxylic acids is 1. The second-order valence-electron chi connectivity index (χ2n) is 3.86. The average molecular weight is 322 g/mol. The van der Waals surface area contributed by atoms with Crippen LogP contribution in [0.25, 0.3) is 0 Å². The Balaban J connectivity index is 2.29. The monoisotopic (exact) mass is 321 g/mol. The molecular weight excluding hydrogens is 309 g/mol. The summed E-state index contributed by atoms with van der Waals surface area (Å²) in [5, 5.41) is 20.5. The molecule has 0 heterocycles. The fraction of sp³-hybridized carbons (Fsp3) is 0.333. The number of carboxylic acid groups (broad SMARTS) is 1. The van der Waals surface area contributed by atoms with E-state index in [1.807, 2.05) is 0 Å². The van der Waals surface area contributed by atoms with Crippen molar-refractivity contribution in [3.8, 4) is 5.75 Å². The maximum Gasteiger partial charge on any atom is 0.332 e. The Hall–Kier alpha value is -1.50. The second-order valence-corrected chi connectivity index (χ2v) is 4.67. The van der Waals surface area contributed by atoms with Gasteiger partial charge in [0.05, 0.1) is 10.0 Å². The van der Waals surface area contributed by atoms with Crippen molar-refractivity contribution in [2.24, 2.45) is 0 Å². The van der Waals surface area contributed by atoms with E-state index in [2.05, 4.69) is 5.32 Å². The van der Waals surface area contributed by atoms with Crippen molar-refractivity contribution in [1.29, 1.82) is 0 Å². The van der Waals surface area contributed by atoms with Gasteiger partial charge in [0.15, 0.2) is 12.7 Å². The van der Waals surface area contributed by atoms with Gasteiger partial charge in [0.2, 0.25) is 0 Å². The molecule has 0 unspecified atom stereocenters. The van der Waals surface area contributed by atoms with Crippen molar-refractivity contribution in [3.05, 3.63) is 28.2 Å². The molecule has 1 amide bonds. The Bertz CT molecular complexity index is 495. The summed E-state index contributed by atoms with van der Waals surface area (Å²) >= 11 is 11.5. The first-order chi connectivity index (χ1) is 9.40. The number of aliphatic carboxylic acids is 1. The maximum atomic E-state index is 11.4. The van der Waals surface area contributed by atoms with Gasteiger partial charge in [-0.1, -0.05) is 23.2 Å². The first-order valence-electron chi connectivity index (χ1n) is 5.65. The van der Waals surface area contributed by atoms with E-state index in [4.69, 9.17) is 38.2 Å². The van der Waals surface area contributed by atoms with Crippen molar-refractivity contribution in [1.82, 2.24) is 5.32 Å². The third kappa shape index (κ3) is 5.64. The average Bonchev–Trinajstić information content (AvgIpc) is 2.40. The molecule has 1 atom stereocenters. The van der Waals surface area contributed by atoms with E-state index in [-0.39, 0.29) is 19.6 Å². The molecule has 1 aromatic carbocycles. The summed E-state index contributed by atoms with van der Waals surface area (Å²) in [6, 6.07) is 4.58. The van der Waals surface area contributed by atoms with E-state index in [9.17, 15) is 9.59 Å². The number of aliphatic hydroxyl groups is 1. The minimum Gasteiger partial charge on any atom is -0.484 e. The number of carboxylic acids is 1. The van der Waals surface area contributed by atoms with Gasteiger partial charge in [-0.25, -0.2) is 4.79 Å². The Morgan fingerprint density at radius 3 is 2.60 bits per heavy atom. The quantitative estimate of drug-likeness (QED) is 0.704. The molecule has 110 valence electrons. The molecule has 0 radical (unpaired) electrons. The molecule has 6 nitrogen and oxygen atoms in total. The van der Waals surface area contributed by atoms with Gasteiger partial charge >= 0.3 is 5.97 Å². The number of rotatable bonds is 7. The molecule has 20 heavy (non-hydrogen) atoms. The fourth-order valence-corrected chi connectivity index (χ4v) is 1.53. The minimum absolute atomic E-state index is 0.0387. The molecule has 0 aromatic heterocycles. The molecule has 0 fully saturated rings. The molecule has 0 aliphatic heterocycles. The number of aliphatic hydroxyl groups excluding tert-OH is 1. The van der Waals surface area contributed by atoms with Crippen LogP contribution in [-0.4, -0.2) is 41.3 Å². The summed E-state index contributed by atoms with van der Waals surface area (Å²) in [4.78, 5) is 21.7. The molecular formula is C12H13Cl2NO5. The summed E-state index contributed by atoms with van der Waals surface area (Å²) in [5.41, 5.74) is 0. The maximum absolute atomic E-state index is 11.4. The summed E-state index contributed by atoms with van der Waals surface area (Å²) in [6.45, 7) is -0.210. The van der Waals surface area contributed by atoms with Gasteiger partial charge in [0, 0.05) is 19.0 Å². The molecule has 0 spiro atoms. The van der Waals surface area contributed by atoms with Crippen LogP contribution in [0.3, 0.4) is 0 Å². The lowest BCUT2D eigenvalue weighted by Crippen LogP contribution is -2.33. The van der Waals surface area contributed by atoms with Gasteiger partial charge in [-0.15, -0.1) is 0 Å². The molecule has 0 aliphatic rings. The summed E-state index contributed by atoms with van der Waals surface area (Å²) in [7, 11) is 0. The van der Waals surface area contributed by atoms with E-state index < -0.39 is 18.0 Å². The number of benzene rings is 1. The van der Waals surface area contributed by atoms with Crippen LogP contribution in [0.2, 0.25) is 10.0 Å². The predicted octanol–water partition coefficient (Wildman–Crippen LogP) is 1.32. The number of carbonyl (C=O) groups is 2. The Kier molecular flexibility index (Phi) is 6.57. The van der Waals surface area contributed by atoms with Crippen molar-refractivity contribution in [2.75, 3.05) is 13.2 Å². The van der Waals surface area contributed by atoms with E-state index >= 15 is 0 Å². The summed E-state index contributed by atoms with van der Waals surface area (Å²) in [5.74, 6) is -1.37. The Morgan fingerprint density at radius 2 is 2.00 bits per heavy atom. The molecule has 1 rings (SSSR count). The van der Waals surface area contributed by atoms with Crippen LogP contribution in [-0.2, 0) is 9.59 Å². The van der Waals surface area contributed by atoms with Crippen LogP contribution >= 0.6 is 23.2 Å². The number of nitrogens with one attached hydrogen (secondary N) is 1. The molecule has 3 N–H and O–H groups in total. The van der Waals surface area contributed by atoms with Crippen molar-refractivity contribution in [2.45, 2.75) is 12.5 Å². The van der Waals surface area contributed by atoms with Gasteiger partial charge < -0.3 is 20.3 Å². The summed E-state index contributed by atoms with van der Waals surface area (Å²) < 4.78 is 5.17. The smallest absolute Gasteiger partial charge is 0.332 e. The highest BCUT2D eigenvalue weighted by molar-refractivity contribution is 6.42. The highest BCUT2D eigenvalue weighted by atomic mass is 35.5. The van der Waals surface area contributed by atoms with Gasteiger partial charge in [-0.2, -0.15) is 0 Å². The Morgan fingerprint density at radius 1 is 1.30 bits per heavy atom. The predicted molar refractivity (Wildman–Crippen MR) is 73.2 cm³/mol. The zero-order chi connectivity index (χ0) is 15.1. The standard InChI is InChI=1S/C12H13Cl2NO5/c13-8-2-1-7(5-9(8)14)20-6-11(17)15-4-3-10(16)12(18)19/h1-2,5,10,16H,3-4,6H2,(H,15,17)(H,18,19)/t10-/m0/s1. The second kappa shape index (κ2) is 7.94. The molecule has 0 saturated heterocycles. The van der Waals surface area contributed by atoms with Crippen LogP contribution in [0, 0.1) is 0 Å². The zero-order valence-electron chi connectivity index (χ0n) is 10.3. The van der Waals surface area contributed by atoms with Crippen molar-refractivity contribution >= 4 is 35.1 Å². The third-order valence-corrected chi connectivity index (χ3v) is 3.03. The lowest BCUT2D eigenvalue weighted by Gasteiger charge is -2.09. The van der Waals surface area contributed by atoms with Crippen LogP contribution in [0.15, 0.2) is 18.2 Å². The first kappa shape index (κ1) is 16.6. The summed E-state index contributed by atoms with van der Waals surface area (Å²) in [6.07, 6.45) is -1.57. The van der Waals surface area contributed by atoms with E-state index in [0.29, 0.717) is 15.8 Å². The highest BCUT2D eigenvalue weighted by Crippen LogP contribution is 2.26. The largest absolute Gasteiger partial charge is 0.484 e. The number of amides is 1. The number of hydrogen-bond acceptors (Lipinski definition) is 4. The minimum atomic E-state index is -1.49. The highest BCUT2D eigenvalue weighted by Gasteiger charge is 2.13. The van der Waals surface area contributed by atoms with Crippen LogP contribution in [0.1, 0.15) is 6.42 Å². The molecule has 0 saturated carbocycles. The van der Waals surface area contributed by atoms with Gasteiger partial charge in [0.25, 0.3) is 5.91 Å². The van der Waals surface area contributed by atoms with Crippen LogP contribution in [0.4, 0.5) is 0 Å². The topological polar surface area (TPSA) is 95.9 Å². The van der Waals surface area contributed by atoms with Crippen molar-refractivity contribution < 1.29 is 24.5 Å². The van der Waals surface area contributed by atoms with Crippen molar-refractivity contribution in [3.63, 3.8) is 0 Å². The number of halogens is 2. The van der Waals surface area contributed by atoms with Gasteiger partial charge in [-0.05, 0) is 12.1 Å². The fourth-order valence-electron chi connectivity index (χ4n) is 1.24. The molecule has 8 heteroatoms. The lowest BCUT2D eigenvalue weighted by atomic mass is 10.2. The molecule has 0 bridgehead atoms. The first-order valence-corrected chi connectivity index (χ1v) is 6.41. The van der Waals surface area contributed by atoms with E-state index in [0.717, 1.165) is 0 Å². The van der Waals surface area contributed by atoms with Gasteiger partial charge in [-0.3, -0.25) is 4.79 Å². The SMILES string of the molecule is O=C(COc1ccc(Cl)c(Cl)c1)NCC[C@H](O)C(=O)O. The van der Waals surface area contributed by atoms with Crippen LogP contribution < -0.4 is 10.1 Å². The molecule has 1 aromatic rings. The number of hydrogen-bond donors (Lipinski definition) is 3. The van der Waals surface area contributed by atoms with Crippen LogP contribution in [0.5, 0.6) is 5.75 Å². The van der Waals surface area contributed by atoms with E-state index in [1.54, 1.807) is 12.1 Å². The Labute approximate surface area is 125 Å².